The van der Waals surface area contributed by atoms with Crippen LogP contribution in [-0.2, 0) is 16.1 Å². The second kappa shape index (κ2) is 14.2. The Morgan fingerprint density at radius 1 is 1.21 bits per heavy atom. The zero-order valence-electron chi connectivity index (χ0n) is 23.7. The summed E-state index contributed by atoms with van der Waals surface area (Å²) in [6, 6.07) is 7.72. The van der Waals surface area contributed by atoms with E-state index in [1.165, 1.54) is 19.3 Å². The highest BCUT2D eigenvalue weighted by Crippen LogP contribution is 2.38. The number of carbonyl (C=O) groups is 3. The van der Waals surface area contributed by atoms with E-state index in [1.807, 2.05) is 42.5 Å². The van der Waals surface area contributed by atoms with Gasteiger partial charge >= 0.3 is 0 Å². The molecule has 0 bridgehead atoms. The van der Waals surface area contributed by atoms with Crippen LogP contribution in [0.1, 0.15) is 42.6 Å². The van der Waals surface area contributed by atoms with Crippen LogP contribution in [-0.4, -0.2) is 78.5 Å². The number of methoxy groups -OCH3 is 1. The number of halogens is 1. The van der Waals surface area contributed by atoms with Gasteiger partial charge in [0.1, 0.15) is 18.5 Å². The van der Waals surface area contributed by atoms with Crippen LogP contribution in [0.2, 0.25) is 0 Å². The third-order valence-corrected chi connectivity index (χ3v) is 7.75. The maximum Gasteiger partial charge on any atom is 0.247 e. The Morgan fingerprint density at radius 3 is 2.67 bits per heavy atom. The fraction of sp³-hybridized carbons (Fsp3) is 0.433. The summed E-state index contributed by atoms with van der Waals surface area (Å²) >= 11 is 2.01. The molecule has 0 radical (unpaired) electrons. The average Bonchev–Trinajstić information content (AvgIpc) is 3.44. The normalized spacial score (nSPS) is 19.2. The van der Waals surface area contributed by atoms with Gasteiger partial charge < -0.3 is 39.4 Å². The van der Waals surface area contributed by atoms with Crippen molar-refractivity contribution >= 4 is 40.7 Å². The fourth-order valence-electron chi connectivity index (χ4n) is 4.93. The Balaban J connectivity index is 1.72. The van der Waals surface area contributed by atoms with Crippen LogP contribution in [0.4, 0.5) is 0 Å². The maximum atomic E-state index is 13.7. The number of nitrogens with one attached hydrogen (secondary N) is 1. The van der Waals surface area contributed by atoms with E-state index in [0.29, 0.717) is 32.5 Å². The van der Waals surface area contributed by atoms with Crippen LogP contribution in [0.25, 0.3) is 0 Å². The molecular weight excluding hydrogens is 659 g/mol. The topological polar surface area (TPSA) is 144 Å². The minimum Gasteiger partial charge on any atom is -0.493 e. The molecule has 1 aliphatic carbocycles. The maximum absolute atomic E-state index is 13.7. The van der Waals surface area contributed by atoms with E-state index in [9.17, 15) is 24.6 Å². The summed E-state index contributed by atoms with van der Waals surface area (Å²) in [5.41, 5.74) is 1.46. The molecule has 0 saturated carbocycles. The lowest BCUT2D eigenvalue weighted by Gasteiger charge is -2.41. The number of rotatable bonds is 12. The highest BCUT2D eigenvalue weighted by molar-refractivity contribution is 14.1. The number of hydrogen-bond acceptors (Lipinski definition) is 9. The molecule has 2 aromatic rings. The zero-order chi connectivity index (χ0) is 30.4. The van der Waals surface area contributed by atoms with E-state index in [4.69, 9.17) is 18.9 Å². The Hall–Kier alpha value is -3.36. The Kier molecular flexibility index (Phi) is 10.7. The number of fused-ring (bicyclic) bond motifs is 1. The molecule has 0 aromatic heterocycles. The molecule has 0 unspecified atom stereocenters. The molecule has 2 amide bonds. The molecule has 3 N–H and O–H groups in total. The first kappa shape index (κ1) is 31.6. The quantitative estimate of drug-likeness (QED) is 0.226. The minimum atomic E-state index is -1.23. The van der Waals surface area contributed by atoms with Crippen molar-refractivity contribution in [2.45, 2.75) is 51.5 Å². The first-order valence-electron chi connectivity index (χ1n) is 13.6. The molecule has 42 heavy (non-hydrogen) atoms. The molecular formula is C30H35IN2O9. The monoisotopic (exact) mass is 694 g/mol. The summed E-state index contributed by atoms with van der Waals surface area (Å²) in [5.74, 6) is 1.17. The van der Waals surface area contributed by atoms with Gasteiger partial charge in [0.25, 0.3) is 0 Å². The lowest BCUT2D eigenvalue weighted by atomic mass is 9.87. The number of aliphatic hydroxyl groups is 2. The Labute approximate surface area is 257 Å². The van der Waals surface area contributed by atoms with Gasteiger partial charge in [-0.05, 0) is 64.4 Å². The van der Waals surface area contributed by atoms with Gasteiger partial charge in [-0.1, -0.05) is 19.9 Å². The number of nitrogens with zero attached hydrogens (tertiary/aromatic N) is 1. The van der Waals surface area contributed by atoms with Crippen molar-refractivity contribution < 1.29 is 43.5 Å². The van der Waals surface area contributed by atoms with Crippen molar-refractivity contribution in [1.29, 1.82) is 0 Å². The van der Waals surface area contributed by atoms with Gasteiger partial charge in [-0.25, -0.2) is 0 Å². The van der Waals surface area contributed by atoms with E-state index in [1.54, 1.807) is 23.1 Å². The van der Waals surface area contributed by atoms with Crippen molar-refractivity contribution in [1.82, 2.24) is 10.2 Å². The number of aliphatic hydroxyl groups excluding tert-OH is 2. The highest BCUT2D eigenvalue weighted by atomic mass is 127. The second-order valence-corrected chi connectivity index (χ2v) is 11.6. The van der Waals surface area contributed by atoms with Gasteiger partial charge in [0, 0.05) is 37.1 Å². The van der Waals surface area contributed by atoms with Crippen LogP contribution >= 0.6 is 22.6 Å². The molecule has 1 heterocycles. The molecule has 1 aliphatic heterocycles. The van der Waals surface area contributed by atoms with E-state index >= 15 is 0 Å². The number of amides is 2. The second-order valence-electron chi connectivity index (χ2n) is 10.5. The standard InChI is InChI=1S/C30H35IN2O9/c1-17(2)8-27(36)33(14-18-4-5-23-24(10-18)41-16-40-23)22-12-20(30(38)32-6-7-34)13-25(28(22)37)42-29-21(31)9-19(15-35)11-26(29)39-3/h4-5,9-11,13,15,17,22,25,28,34,37H,6-8,12,14,16H2,1-3H3,(H,32,38)/t22-,25+,28+/m1/s1. The largest absolute Gasteiger partial charge is 0.493 e. The van der Waals surface area contributed by atoms with Crippen molar-refractivity contribution in [2.75, 3.05) is 27.1 Å². The summed E-state index contributed by atoms with van der Waals surface area (Å²) in [6.45, 7) is 3.93. The molecule has 2 aromatic carbocycles. The van der Waals surface area contributed by atoms with Gasteiger partial charge in [-0.2, -0.15) is 0 Å². The third-order valence-electron chi connectivity index (χ3n) is 6.95. The predicted octanol–water partition coefficient (Wildman–Crippen LogP) is 2.83. The van der Waals surface area contributed by atoms with Crippen LogP contribution < -0.4 is 24.3 Å². The Bertz CT molecular complexity index is 1350. The van der Waals surface area contributed by atoms with E-state index < -0.39 is 24.2 Å². The summed E-state index contributed by atoms with van der Waals surface area (Å²) in [4.78, 5) is 39.8. The van der Waals surface area contributed by atoms with Gasteiger partial charge in [0.15, 0.2) is 23.0 Å². The summed E-state index contributed by atoms with van der Waals surface area (Å²) in [7, 11) is 1.44. The van der Waals surface area contributed by atoms with Crippen molar-refractivity contribution in [3.05, 3.63) is 56.7 Å². The minimum absolute atomic E-state index is 0.0426. The van der Waals surface area contributed by atoms with E-state index in [2.05, 4.69) is 5.32 Å². The number of carbonyl (C=O) groups excluding carboxylic acids is 3. The lowest BCUT2D eigenvalue weighted by molar-refractivity contribution is -0.140. The molecule has 0 spiro atoms. The van der Waals surface area contributed by atoms with Crippen molar-refractivity contribution in [2.24, 2.45) is 5.92 Å². The van der Waals surface area contributed by atoms with Gasteiger partial charge in [-0.15, -0.1) is 0 Å². The van der Waals surface area contributed by atoms with E-state index in [0.717, 1.165) is 5.56 Å². The summed E-state index contributed by atoms with van der Waals surface area (Å²) in [5, 5.41) is 23.6. The summed E-state index contributed by atoms with van der Waals surface area (Å²) < 4.78 is 23.2. The number of hydrogen-bond donors (Lipinski definition) is 3. The smallest absolute Gasteiger partial charge is 0.247 e. The third kappa shape index (κ3) is 7.34. The molecule has 0 saturated heterocycles. The SMILES string of the molecule is COc1cc(C=O)cc(I)c1O[C@H]1C=C(C(=O)NCCO)C[C@@H](N(Cc2ccc3c(c2)OCO3)C(=O)CC(C)C)[C@@H]1O. The molecule has 12 heteroatoms. The number of ether oxygens (including phenoxy) is 4. The first-order chi connectivity index (χ1) is 20.1. The Morgan fingerprint density at radius 2 is 1.98 bits per heavy atom. The average molecular weight is 695 g/mol. The van der Waals surface area contributed by atoms with Crippen molar-refractivity contribution in [3.8, 4) is 23.0 Å². The van der Waals surface area contributed by atoms with Gasteiger partial charge in [0.05, 0.1) is 23.3 Å². The van der Waals surface area contributed by atoms with Crippen LogP contribution in [0.15, 0.2) is 42.0 Å². The zero-order valence-corrected chi connectivity index (χ0v) is 25.8. The predicted molar refractivity (Wildman–Crippen MR) is 161 cm³/mol. The molecule has 2 aliphatic rings. The summed E-state index contributed by atoms with van der Waals surface area (Å²) in [6.07, 6.45) is 0.240. The van der Waals surface area contributed by atoms with E-state index in [-0.39, 0.29) is 62.7 Å². The molecule has 3 atom stereocenters. The molecule has 226 valence electrons. The van der Waals surface area contributed by atoms with Crippen LogP contribution in [0, 0.1) is 9.49 Å². The highest BCUT2D eigenvalue weighted by Gasteiger charge is 2.41. The fourth-order valence-corrected chi connectivity index (χ4v) is 5.68. The number of benzene rings is 2. The van der Waals surface area contributed by atoms with Crippen molar-refractivity contribution in [3.63, 3.8) is 0 Å². The molecule has 11 nitrogen and oxygen atoms in total. The van der Waals surface area contributed by atoms with Gasteiger partial charge in [0.2, 0.25) is 18.6 Å². The lowest BCUT2D eigenvalue weighted by Crippen LogP contribution is -2.55. The molecule has 4 rings (SSSR count). The van der Waals surface area contributed by atoms with Crippen LogP contribution in [0.5, 0.6) is 23.0 Å². The molecule has 0 fully saturated rings. The first-order valence-corrected chi connectivity index (χ1v) is 14.7. The number of aldehydes is 1. The van der Waals surface area contributed by atoms with Gasteiger partial charge in [-0.3, -0.25) is 14.4 Å². The van der Waals surface area contributed by atoms with Crippen LogP contribution in [0.3, 0.4) is 0 Å².